The van der Waals surface area contributed by atoms with Crippen LogP contribution in [0.3, 0.4) is 0 Å². The Kier molecular flexibility index (Phi) is 7.77. The van der Waals surface area contributed by atoms with Gasteiger partial charge in [0.1, 0.15) is 11.8 Å². The molecule has 7 nitrogen and oxygen atoms in total. The third kappa shape index (κ3) is 5.94. The van der Waals surface area contributed by atoms with E-state index in [9.17, 15) is 14.4 Å². The largest absolute Gasteiger partial charge is 0.494 e. The summed E-state index contributed by atoms with van der Waals surface area (Å²) in [6.45, 7) is 2.27. The van der Waals surface area contributed by atoms with Crippen LogP contribution in [-0.2, 0) is 14.4 Å². The van der Waals surface area contributed by atoms with E-state index in [4.69, 9.17) is 9.84 Å². The highest BCUT2D eigenvalue weighted by Crippen LogP contribution is 2.24. The van der Waals surface area contributed by atoms with Crippen molar-refractivity contribution >= 4 is 35.2 Å². The van der Waals surface area contributed by atoms with Crippen LogP contribution in [0.5, 0.6) is 5.75 Å². The lowest BCUT2D eigenvalue weighted by atomic mass is 10.2. The minimum Gasteiger partial charge on any atom is -0.494 e. The minimum atomic E-state index is -0.844. The van der Waals surface area contributed by atoms with E-state index in [0.717, 1.165) is 6.42 Å². The van der Waals surface area contributed by atoms with Crippen LogP contribution in [0.25, 0.3) is 0 Å². The number of nitrogens with one attached hydrogen (secondary N) is 1. The van der Waals surface area contributed by atoms with E-state index >= 15 is 0 Å². The second-order valence-electron chi connectivity index (χ2n) is 5.99. The molecule has 1 aromatic carbocycles. The molecule has 2 rings (SSSR count). The van der Waals surface area contributed by atoms with Crippen molar-refractivity contribution < 1.29 is 24.2 Å². The van der Waals surface area contributed by atoms with Gasteiger partial charge in [-0.25, -0.2) is 0 Å². The Labute approximate surface area is 157 Å². The SMILES string of the molecule is CCCC(=O)N1CSCC1C(=O)Nc1ccc(OCCCC(=O)O)cc1. The summed E-state index contributed by atoms with van der Waals surface area (Å²) >= 11 is 1.58. The molecule has 0 spiro atoms. The number of hydrogen-bond donors (Lipinski definition) is 2. The molecule has 0 aromatic heterocycles. The molecule has 0 radical (unpaired) electrons. The highest BCUT2D eigenvalue weighted by molar-refractivity contribution is 7.99. The van der Waals surface area contributed by atoms with Crippen LogP contribution < -0.4 is 10.1 Å². The molecule has 1 fully saturated rings. The van der Waals surface area contributed by atoms with Gasteiger partial charge in [-0.3, -0.25) is 14.4 Å². The van der Waals surface area contributed by atoms with E-state index in [0.29, 0.717) is 42.5 Å². The van der Waals surface area contributed by atoms with Crippen molar-refractivity contribution in [3.8, 4) is 5.75 Å². The second-order valence-corrected chi connectivity index (χ2v) is 6.99. The van der Waals surface area contributed by atoms with Gasteiger partial charge in [0.05, 0.1) is 12.5 Å². The monoisotopic (exact) mass is 380 g/mol. The molecular weight excluding hydrogens is 356 g/mol. The zero-order chi connectivity index (χ0) is 18.9. The molecule has 1 heterocycles. The molecule has 1 aliphatic heterocycles. The van der Waals surface area contributed by atoms with Crippen LogP contribution in [-0.4, -0.2) is 52.1 Å². The predicted molar refractivity (Wildman–Crippen MR) is 100 cm³/mol. The average Bonchev–Trinajstić information content (AvgIpc) is 3.10. The third-order valence-electron chi connectivity index (χ3n) is 3.89. The Morgan fingerprint density at radius 1 is 1.27 bits per heavy atom. The number of benzene rings is 1. The maximum absolute atomic E-state index is 12.5. The van der Waals surface area contributed by atoms with Crippen molar-refractivity contribution in [1.29, 1.82) is 0 Å². The summed E-state index contributed by atoms with van der Waals surface area (Å²) < 4.78 is 5.46. The number of carbonyl (C=O) groups excluding carboxylic acids is 2. The summed E-state index contributed by atoms with van der Waals surface area (Å²) in [4.78, 5) is 36.7. The quantitative estimate of drug-likeness (QED) is 0.639. The van der Waals surface area contributed by atoms with E-state index < -0.39 is 12.0 Å². The molecule has 1 aromatic rings. The molecule has 1 unspecified atom stereocenters. The number of anilines is 1. The van der Waals surface area contributed by atoms with Crippen LogP contribution in [0, 0.1) is 0 Å². The van der Waals surface area contributed by atoms with Crippen LogP contribution in [0.4, 0.5) is 5.69 Å². The number of amides is 2. The topological polar surface area (TPSA) is 95.9 Å². The van der Waals surface area contributed by atoms with E-state index in [1.165, 1.54) is 0 Å². The number of hydrogen-bond acceptors (Lipinski definition) is 5. The maximum atomic E-state index is 12.5. The van der Waals surface area contributed by atoms with Gasteiger partial charge in [-0.15, -0.1) is 11.8 Å². The van der Waals surface area contributed by atoms with Crippen LogP contribution in [0.1, 0.15) is 32.6 Å². The minimum absolute atomic E-state index is 0.0164. The summed E-state index contributed by atoms with van der Waals surface area (Å²) in [6.07, 6.45) is 1.73. The van der Waals surface area contributed by atoms with E-state index in [1.807, 2.05) is 6.92 Å². The Morgan fingerprint density at radius 2 is 2.00 bits per heavy atom. The fourth-order valence-electron chi connectivity index (χ4n) is 2.54. The predicted octanol–water partition coefficient (Wildman–Crippen LogP) is 2.57. The highest BCUT2D eigenvalue weighted by atomic mass is 32.2. The lowest BCUT2D eigenvalue weighted by molar-refractivity contribution is -0.137. The lowest BCUT2D eigenvalue weighted by Crippen LogP contribution is -2.44. The number of nitrogens with zero attached hydrogens (tertiary/aromatic N) is 1. The van der Waals surface area contributed by atoms with Crippen molar-refractivity contribution in [3.63, 3.8) is 0 Å². The van der Waals surface area contributed by atoms with Gasteiger partial charge in [-0.2, -0.15) is 0 Å². The Bertz CT molecular complexity index is 635. The van der Waals surface area contributed by atoms with Gasteiger partial charge in [0.25, 0.3) is 0 Å². The first-order valence-corrected chi connectivity index (χ1v) is 9.79. The summed E-state index contributed by atoms with van der Waals surface area (Å²) in [5.74, 6) is 0.761. The summed E-state index contributed by atoms with van der Waals surface area (Å²) in [6, 6.07) is 6.46. The molecule has 26 heavy (non-hydrogen) atoms. The van der Waals surface area contributed by atoms with Crippen molar-refractivity contribution in [2.75, 3.05) is 23.6 Å². The van der Waals surface area contributed by atoms with Crippen molar-refractivity contribution in [1.82, 2.24) is 4.90 Å². The molecule has 2 amide bonds. The molecule has 142 valence electrons. The van der Waals surface area contributed by atoms with Crippen molar-refractivity contribution in [2.24, 2.45) is 0 Å². The fraction of sp³-hybridized carbons (Fsp3) is 0.500. The van der Waals surface area contributed by atoms with E-state index in [1.54, 1.807) is 40.9 Å². The summed E-state index contributed by atoms with van der Waals surface area (Å²) in [7, 11) is 0. The van der Waals surface area contributed by atoms with Gasteiger partial charge < -0.3 is 20.1 Å². The summed E-state index contributed by atoms with van der Waals surface area (Å²) in [5, 5.41) is 11.4. The first-order valence-electron chi connectivity index (χ1n) is 8.64. The number of carboxylic acid groups (broad SMARTS) is 1. The molecule has 1 saturated heterocycles. The van der Waals surface area contributed by atoms with Gasteiger partial charge in [0, 0.05) is 24.3 Å². The Hall–Kier alpha value is -2.22. The molecule has 0 saturated carbocycles. The molecule has 8 heteroatoms. The number of aliphatic carboxylic acids is 1. The number of thioether (sulfide) groups is 1. The van der Waals surface area contributed by atoms with Crippen LogP contribution in [0.15, 0.2) is 24.3 Å². The Morgan fingerprint density at radius 3 is 2.65 bits per heavy atom. The number of ether oxygens (including phenoxy) is 1. The molecular formula is C18H24N2O5S. The summed E-state index contributed by atoms with van der Waals surface area (Å²) in [5.41, 5.74) is 0.632. The molecule has 1 aliphatic rings. The van der Waals surface area contributed by atoms with E-state index in [-0.39, 0.29) is 18.2 Å². The van der Waals surface area contributed by atoms with E-state index in [2.05, 4.69) is 5.32 Å². The third-order valence-corrected chi connectivity index (χ3v) is 4.91. The van der Waals surface area contributed by atoms with Gasteiger partial charge in [0.2, 0.25) is 11.8 Å². The first kappa shape index (κ1) is 20.1. The highest BCUT2D eigenvalue weighted by Gasteiger charge is 2.34. The lowest BCUT2D eigenvalue weighted by Gasteiger charge is -2.23. The van der Waals surface area contributed by atoms with Gasteiger partial charge in [-0.1, -0.05) is 6.92 Å². The van der Waals surface area contributed by atoms with Crippen molar-refractivity contribution in [2.45, 2.75) is 38.6 Å². The fourth-order valence-corrected chi connectivity index (χ4v) is 3.72. The smallest absolute Gasteiger partial charge is 0.303 e. The number of rotatable bonds is 9. The maximum Gasteiger partial charge on any atom is 0.303 e. The van der Waals surface area contributed by atoms with Gasteiger partial charge in [-0.05, 0) is 37.1 Å². The zero-order valence-electron chi connectivity index (χ0n) is 14.8. The standard InChI is InChI=1S/C18H24N2O5S/c1-2-4-16(21)20-12-26-11-15(20)18(24)19-13-6-8-14(9-7-13)25-10-3-5-17(22)23/h6-9,15H,2-5,10-12H2,1H3,(H,19,24)(H,22,23). The second kappa shape index (κ2) is 10.1. The van der Waals surface area contributed by atoms with Crippen molar-refractivity contribution in [3.05, 3.63) is 24.3 Å². The Balaban J connectivity index is 1.85. The molecule has 2 N–H and O–H groups in total. The normalized spacial score (nSPS) is 16.3. The first-order chi connectivity index (χ1) is 12.5. The van der Waals surface area contributed by atoms with Crippen LogP contribution in [0.2, 0.25) is 0 Å². The van der Waals surface area contributed by atoms with Gasteiger partial charge >= 0.3 is 5.97 Å². The number of carboxylic acids is 1. The molecule has 0 aliphatic carbocycles. The average molecular weight is 380 g/mol. The zero-order valence-corrected chi connectivity index (χ0v) is 15.6. The van der Waals surface area contributed by atoms with Crippen LogP contribution >= 0.6 is 11.8 Å². The number of carbonyl (C=O) groups is 3. The van der Waals surface area contributed by atoms with Gasteiger partial charge in [0.15, 0.2) is 0 Å². The molecule has 0 bridgehead atoms. The molecule has 1 atom stereocenters.